The minimum absolute atomic E-state index is 0. The summed E-state index contributed by atoms with van der Waals surface area (Å²) >= 11 is 0. The highest BCUT2D eigenvalue weighted by molar-refractivity contribution is 5.85. The molecule has 2 aliphatic rings. The van der Waals surface area contributed by atoms with E-state index in [1.807, 2.05) is 0 Å². The summed E-state index contributed by atoms with van der Waals surface area (Å²) in [6, 6.07) is 15.3. The molecular formula is C25H34ClNO. The first-order valence-corrected chi connectivity index (χ1v) is 10.7. The van der Waals surface area contributed by atoms with E-state index in [-0.39, 0.29) is 18.5 Å². The zero-order valence-corrected chi connectivity index (χ0v) is 18.0. The minimum Gasteiger partial charge on any atom is -0.388 e. The number of likely N-dealkylation sites (tertiary alicyclic amines) is 1. The van der Waals surface area contributed by atoms with Gasteiger partial charge in [-0.3, -0.25) is 0 Å². The summed E-state index contributed by atoms with van der Waals surface area (Å²) in [6.07, 6.45) is 5.46. The molecule has 152 valence electrons. The zero-order chi connectivity index (χ0) is 18.8. The summed E-state index contributed by atoms with van der Waals surface area (Å²) in [5, 5.41) is 10.8. The number of rotatable bonds is 3. The highest BCUT2D eigenvalue weighted by Gasteiger charge is 2.27. The van der Waals surface area contributed by atoms with Crippen LogP contribution in [-0.2, 0) is 6.42 Å². The molecule has 1 aliphatic heterocycles. The van der Waals surface area contributed by atoms with E-state index in [1.165, 1.54) is 54.6 Å². The Bertz CT molecular complexity index is 782. The van der Waals surface area contributed by atoms with E-state index in [9.17, 15) is 5.11 Å². The third-order valence-corrected chi connectivity index (χ3v) is 6.90. The van der Waals surface area contributed by atoms with Crippen LogP contribution in [0.3, 0.4) is 0 Å². The van der Waals surface area contributed by atoms with Crippen LogP contribution in [0.2, 0.25) is 0 Å². The van der Waals surface area contributed by atoms with Gasteiger partial charge >= 0.3 is 0 Å². The van der Waals surface area contributed by atoms with Crippen molar-refractivity contribution in [1.29, 1.82) is 0 Å². The zero-order valence-electron chi connectivity index (χ0n) is 17.2. The molecule has 0 saturated carbocycles. The number of aliphatic hydroxyl groups is 1. The largest absolute Gasteiger partial charge is 0.388 e. The van der Waals surface area contributed by atoms with Gasteiger partial charge in [0.15, 0.2) is 0 Å². The molecule has 0 aromatic heterocycles. The molecule has 1 fully saturated rings. The van der Waals surface area contributed by atoms with E-state index >= 15 is 0 Å². The third-order valence-electron chi connectivity index (χ3n) is 6.90. The molecule has 1 aliphatic carbocycles. The number of fused-ring (bicyclic) bond motifs is 1. The van der Waals surface area contributed by atoms with Crippen LogP contribution < -0.4 is 0 Å². The van der Waals surface area contributed by atoms with E-state index in [0.29, 0.717) is 11.8 Å². The Labute approximate surface area is 176 Å². The summed E-state index contributed by atoms with van der Waals surface area (Å²) in [4.78, 5) is 2.65. The lowest BCUT2D eigenvalue weighted by molar-refractivity contribution is 0.117. The molecule has 1 saturated heterocycles. The van der Waals surface area contributed by atoms with E-state index < -0.39 is 0 Å². The molecule has 1 N–H and O–H groups in total. The molecule has 28 heavy (non-hydrogen) atoms. The van der Waals surface area contributed by atoms with Crippen LogP contribution >= 0.6 is 12.4 Å². The van der Waals surface area contributed by atoms with Gasteiger partial charge in [0, 0.05) is 6.54 Å². The highest BCUT2D eigenvalue weighted by Crippen LogP contribution is 2.35. The van der Waals surface area contributed by atoms with Crippen molar-refractivity contribution < 1.29 is 5.11 Å². The number of nitrogens with zero attached hydrogens (tertiary/aromatic N) is 1. The van der Waals surface area contributed by atoms with Crippen LogP contribution in [0, 0.1) is 19.8 Å². The Hall–Kier alpha value is -1.35. The average molecular weight is 400 g/mol. The minimum atomic E-state index is -0.295. The normalized spacial score (nSPS) is 23.5. The summed E-state index contributed by atoms with van der Waals surface area (Å²) < 4.78 is 0. The molecule has 0 spiro atoms. The second kappa shape index (κ2) is 9.43. The molecule has 1 heterocycles. The van der Waals surface area contributed by atoms with Crippen molar-refractivity contribution >= 4 is 12.4 Å². The maximum atomic E-state index is 10.8. The van der Waals surface area contributed by atoms with Crippen LogP contribution in [0.1, 0.15) is 65.5 Å². The van der Waals surface area contributed by atoms with Crippen LogP contribution in [0.15, 0.2) is 42.5 Å². The molecule has 0 radical (unpaired) electrons. The van der Waals surface area contributed by atoms with Gasteiger partial charge in [-0.2, -0.15) is 0 Å². The van der Waals surface area contributed by atoms with Gasteiger partial charge < -0.3 is 10.0 Å². The Morgan fingerprint density at radius 1 is 0.893 bits per heavy atom. The molecule has 2 aromatic carbocycles. The van der Waals surface area contributed by atoms with Crippen molar-refractivity contribution in [2.24, 2.45) is 5.92 Å². The molecule has 2 atom stereocenters. The lowest BCUT2D eigenvalue weighted by Crippen LogP contribution is -2.37. The molecular weight excluding hydrogens is 366 g/mol. The monoisotopic (exact) mass is 399 g/mol. The van der Waals surface area contributed by atoms with Gasteiger partial charge in [0.2, 0.25) is 0 Å². The van der Waals surface area contributed by atoms with Gasteiger partial charge in [-0.15, -0.1) is 12.4 Å². The molecule has 0 amide bonds. The van der Waals surface area contributed by atoms with E-state index in [1.54, 1.807) is 5.56 Å². The Balaban J connectivity index is 0.00000225. The van der Waals surface area contributed by atoms with Crippen molar-refractivity contribution in [3.05, 3.63) is 70.3 Å². The Kier molecular flexibility index (Phi) is 7.20. The van der Waals surface area contributed by atoms with Gasteiger partial charge in [0.05, 0.1) is 6.10 Å². The molecule has 4 rings (SSSR count). The van der Waals surface area contributed by atoms with Gasteiger partial charge in [-0.05, 0) is 98.7 Å². The number of aliphatic hydroxyl groups excluding tert-OH is 1. The predicted octanol–water partition coefficient (Wildman–Crippen LogP) is 5.59. The molecule has 2 aromatic rings. The average Bonchev–Trinajstić information content (AvgIpc) is 2.83. The van der Waals surface area contributed by atoms with Crippen LogP contribution in [0.5, 0.6) is 0 Å². The van der Waals surface area contributed by atoms with Crippen molar-refractivity contribution in [1.82, 2.24) is 4.90 Å². The number of aryl methyl sites for hydroxylation is 2. The lowest BCUT2D eigenvalue weighted by atomic mass is 9.86. The van der Waals surface area contributed by atoms with Crippen molar-refractivity contribution in [2.75, 3.05) is 19.6 Å². The third kappa shape index (κ3) is 4.62. The maximum Gasteiger partial charge on any atom is 0.0795 e. The van der Waals surface area contributed by atoms with E-state index in [2.05, 4.69) is 61.2 Å². The molecule has 0 unspecified atom stereocenters. The predicted molar refractivity (Wildman–Crippen MR) is 119 cm³/mol. The number of hydrogen-bond acceptors (Lipinski definition) is 2. The van der Waals surface area contributed by atoms with Crippen LogP contribution in [-0.4, -0.2) is 29.6 Å². The van der Waals surface area contributed by atoms with Gasteiger partial charge in [0.1, 0.15) is 0 Å². The fourth-order valence-electron chi connectivity index (χ4n) is 5.29. The number of piperidine rings is 1. The van der Waals surface area contributed by atoms with Crippen molar-refractivity contribution in [2.45, 2.75) is 58.0 Å². The van der Waals surface area contributed by atoms with Gasteiger partial charge in [-0.25, -0.2) is 0 Å². The summed E-state index contributed by atoms with van der Waals surface area (Å²) in [5.74, 6) is 1.32. The number of halogens is 1. The first kappa shape index (κ1) is 21.4. The topological polar surface area (TPSA) is 23.5 Å². The highest BCUT2D eigenvalue weighted by atomic mass is 35.5. The number of hydrogen-bond donors (Lipinski definition) is 1. The first-order chi connectivity index (χ1) is 13.1. The second-order valence-electron chi connectivity index (χ2n) is 8.73. The van der Waals surface area contributed by atoms with E-state index in [4.69, 9.17) is 0 Å². The first-order valence-electron chi connectivity index (χ1n) is 10.7. The van der Waals surface area contributed by atoms with E-state index in [0.717, 1.165) is 19.4 Å². The van der Waals surface area contributed by atoms with Gasteiger partial charge in [-0.1, -0.05) is 42.5 Å². The quantitative estimate of drug-likeness (QED) is 0.680. The Morgan fingerprint density at radius 3 is 2.32 bits per heavy atom. The van der Waals surface area contributed by atoms with Crippen LogP contribution in [0.25, 0.3) is 0 Å². The lowest BCUT2D eigenvalue weighted by Gasteiger charge is -2.35. The smallest absolute Gasteiger partial charge is 0.0795 e. The molecule has 2 nitrogen and oxygen atoms in total. The fraction of sp³-hybridized carbons (Fsp3) is 0.520. The van der Waals surface area contributed by atoms with Gasteiger partial charge in [0.25, 0.3) is 0 Å². The summed E-state index contributed by atoms with van der Waals surface area (Å²) in [6.45, 7) is 7.95. The van der Waals surface area contributed by atoms with Crippen molar-refractivity contribution in [3.8, 4) is 0 Å². The SMILES string of the molecule is Cc1ccccc1C1CCN(C[C@@H]2CCc3c(C)cccc3[C@H](O)C2)CC1.Cl. The molecule has 3 heteroatoms. The number of benzene rings is 2. The fourth-order valence-corrected chi connectivity index (χ4v) is 5.29. The maximum absolute atomic E-state index is 10.8. The molecule has 0 bridgehead atoms. The summed E-state index contributed by atoms with van der Waals surface area (Å²) in [7, 11) is 0. The Morgan fingerprint density at radius 2 is 1.57 bits per heavy atom. The second-order valence-corrected chi connectivity index (χ2v) is 8.73. The van der Waals surface area contributed by atoms with Crippen LogP contribution in [0.4, 0.5) is 0 Å². The summed E-state index contributed by atoms with van der Waals surface area (Å²) in [5.41, 5.74) is 6.90. The van der Waals surface area contributed by atoms with Crippen molar-refractivity contribution in [3.63, 3.8) is 0 Å². The standard InChI is InChI=1S/C25H33NO.ClH/c1-18-6-3-4-8-22(18)21-12-14-26(15-13-21)17-20-10-11-23-19(2)7-5-9-24(23)25(27)16-20;/h3-9,20-21,25,27H,10-17H2,1-2H3;1H/t20-,25-;/m1./s1.